The molecule has 7 rings (SSSR count). The molecule has 8 heteroatoms. The van der Waals surface area contributed by atoms with Gasteiger partial charge in [-0.3, -0.25) is 9.36 Å². The van der Waals surface area contributed by atoms with Gasteiger partial charge in [0.1, 0.15) is 5.76 Å². The lowest BCUT2D eigenvalue weighted by atomic mass is 9.85. The highest BCUT2D eigenvalue weighted by molar-refractivity contribution is 7.99. The van der Waals surface area contributed by atoms with Crippen molar-refractivity contribution in [1.29, 1.82) is 0 Å². The molecule has 5 aromatic rings. The van der Waals surface area contributed by atoms with Crippen molar-refractivity contribution >= 4 is 57.8 Å². The first kappa shape index (κ1) is 23.0. The number of thiophene rings is 1. The van der Waals surface area contributed by atoms with Crippen molar-refractivity contribution in [3.63, 3.8) is 0 Å². The highest BCUT2D eigenvalue weighted by atomic mass is 35.5. The number of fused-ring (bicyclic) bond motifs is 3. The van der Waals surface area contributed by atoms with Gasteiger partial charge in [-0.1, -0.05) is 65.0 Å². The minimum absolute atomic E-state index is 0.0316. The Kier molecular flexibility index (Phi) is 5.81. The van der Waals surface area contributed by atoms with Crippen LogP contribution < -0.4 is 14.9 Å². The standard InChI is InChI=1S/C29H19ClN2O2S3/c30-18-8-11-20(12-9-18)36-25-14-10-19(34-25)16-24-28(33)32-27(23-6-3-15-35-23)22-13-7-17-4-1-2-5-21(17)26(22)31-29(32)37-24/h1-6,8-12,14-16,27H,7,13H2/t27-/m0/s1. The van der Waals surface area contributed by atoms with Gasteiger partial charge in [0.15, 0.2) is 9.89 Å². The molecule has 3 aromatic heterocycles. The van der Waals surface area contributed by atoms with Crippen LogP contribution in [0.3, 0.4) is 0 Å². The van der Waals surface area contributed by atoms with Gasteiger partial charge < -0.3 is 4.42 Å². The van der Waals surface area contributed by atoms with Crippen molar-refractivity contribution in [3.8, 4) is 0 Å². The van der Waals surface area contributed by atoms with E-state index < -0.39 is 0 Å². The summed E-state index contributed by atoms with van der Waals surface area (Å²) in [5, 5.41) is 3.53. The van der Waals surface area contributed by atoms with Crippen molar-refractivity contribution < 1.29 is 4.42 Å². The van der Waals surface area contributed by atoms with E-state index in [-0.39, 0.29) is 11.6 Å². The van der Waals surface area contributed by atoms with Crippen molar-refractivity contribution in [1.82, 2.24) is 4.57 Å². The number of allylic oxidation sites excluding steroid dienone is 1. The number of halogens is 1. The zero-order valence-corrected chi connectivity index (χ0v) is 22.6. The van der Waals surface area contributed by atoms with E-state index in [1.54, 1.807) is 11.3 Å². The molecule has 2 aliphatic rings. The number of rotatable bonds is 4. The SMILES string of the molecule is O=c1c(=Cc2ccc(Sc3ccc(Cl)cc3)o2)sc2n1[C@H](c1cccs1)C1=C(N=2)c2ccccc2CC1. The minimum atomic E-state index is -0.130. The molecule has 0 N–H and O–H groups in total. The molecule has 182 valence electrons. The van der Waals surface area contributed by atoms with Crippen molar-refractivity contribution in [2.75, 3.05) is 0 Å². The number of nitrogens with zero attached hydrogens (tertiary/aromatic N) is 2. The zero-order valence-electron chi connectivity index (χ0n) is 19.4. The van der Waals surface area contributed by atoms with Crippen molar-refractivity contribution in [3.05, 3.63) is 130 Å². The first-order chi connectivity index (χ1) is 18.1. The Bertz CT molecular complexity index is 1840. The zero-order chi connectivity index (χ0) is 24.9. The summed E-state index contributed by atoms with van der Waals surface area (Å²) in [4.78, 5) is 21.8. The average molecular weight is 559 g/mol. The number of hydrogen-bond donors (Lipinski definition) is 0. The van der Waals surface area contributed by atoms with Crippen LogP contribution in [0, 0.1) is 0 Å². The Morgan fingerprint density at radius 3 is 2.73 bits per heavy atom. The predicted octanol–water partition coefficient (Wildman–Crippen LogP) is 6.78. The number of hydrogen-bond acceptors (Lipinski definition) is 6. The van der Waals surface area contributed by atoms with E-state index >= 15 is 0 Å². The molecule has 0 fully saturated rings. The Balaban J connectivity index is 1.33. The Hall–Kier alpha value is -3.10. The van der Waals surface area contributed by atoms with E-state index in [1.807, 2.05) is 47.0 Å². The summed E-state index contributed by atoms with van der Waals surface area (Å²) in [6, 6.07) is 24.0. The van der Waals surface area contributed by atoms with Crippen LogP contribution in [0.15, 0.2) is 108 Å². The lowest BCUT2D eigenvalue weighted by Gasteiger charge is -2.30. The summed E-state index contributed by atoms with van der Waals surface area (Å²) in [7, 11) is 0. The van der Waals surface area contributed by atoms with Gasteiger partial charge in [0.05, 0.1) is 16.3 Å². The van der Waals surface area contributed by atoms with Gasteiger partial charge in [0.25, 0.3) is 5.56 Å². The topological polar surface area (TPSA) is 47.5 Å². The van der Waals surface area contributed by atoms with Gasteiger partial charge in [-0.25, -0.2) is 4.99 Å². The number of aryl methyl sites for hydroxylation is 1. The molecule has 37 heavy (non-hydrogen) atoms. The second-order valence-electron chi connectivity index (χ2n) is 8.84. The van der Waals surface area contributed by atoms with Crippen LogP contribution in [0.1, 0.15) is 34.2 Å². The molecule has 0 bridgehead atoms. The molecule has 0 saturated carbocycles. The summed E-state index contributed by atoms with van der Waals surface area (Å²) in [5.74, 6) is 0.642. The molecule has 0 unspecified atom stereocenters. The fourth-order valence-electron chi connectivity index (χ4n) is 4.93. The van der Waals surface area contributed by atoms with Crippen LogP contribution in [-0.2, 0) is 6.42 Å². The Morgan fingerprint density at radius 2 is 1.89 bits per heavy atom. The molecule has 0 amide bonds. The summed E-state index contributed by atoms with van der Waals surface area (Å²) in [5.41, 5.74) is 4.71. The highest BCUT2D eigenvalue weighted by Gasteiger charge is 2.33. The molecule has 1 aliphatic carbocycles. The normalized spacial score (nSPS) is 16.8. The molecule has 4 heterocycles. The second-order valence-corrected chi connectivity index (χ2v) is 12.3. The van der Waals surface area contributed by atoms with E-state index in [0.717, 1.165) is 38.2 Å². The quantitative estimate of drug-likeness (QED) is 0.244. The number of thiazole rings is 1. The fourth-order valence-corrected chi connectivity index (χ4v) is 7.67. The summed E-state index contributed by atoms with van der Waals surface area (Å²) in [6.45, 7) is 0. The first-order valence-corrected chi connectivity index (χ1v) is 14.7. The van der Waals surface area contributed by atoms with Crippen molar-refractivity contribution in [2.24, 2.45) is 4.99 Å². The molecular formula is C29H19ClN2O2S3. The molecule has 0 radical (unpaired) electrons. The van der Waals surface area contributed by atoms with E-state index in [9.17, 15) is 4.79 Å². The maximum absolute atomic E-state index is 13.8. The summed E-state index contributed by atoms with van der Waals surface area (Å²) < 4.78 is 8.54. The Morgan fingerprint density at radius 1 is 1.03 bits per heavy atom. The van der Waals surface area contributed by atoms with E-state index in [0.29, 0.717) is 15.3 Å². The molecular weight excluding hydrogens is 540 g/mol. The Labute approximate surface area is 229 Å². The van der Waals surface area contributed by atoms with E-state index in [4.69, 9.17) is 21.0 Å². The molecule has 4 nitrogen and oxygen atoms in total. The van der Waals surface area contributed by atoms with Crippen LogP contribution in [0.25, 0.3) is 11.8 Å². The summed E-state index contributed by atoms with van der Waals surface area (Å²) >= 11 is 10.6. The summed E-state index contributed by atoms with van der Waals surface area (Å²) in [6.07, 6.45) is 3.68. The maximum atomic E-state index is 13.8. The average Bonchev–Trinajstić information content (AvgIpc) is 3.66. The van der Waals surface area contributed by atoms with Crippen LogP contribution in [0.4, 0.5) is 0 Å². The van der Waals surface area contributed by atoms with Gasteiger partial charge in [0.2, 0.25) is 0 Å². The third-order valence-corrected chi connectivity index (χ3v) is 9.68. The monoisotopic (exact) mass is 558 g/mol. The molecule has 1 atom stereocenters. The molecule has 0 saturated heterocycles. The van der Waals surface area contributed by atoms with Gasteiger partial charge in [0, 0.05) is 26.4 Å². The largest absolute Gasteiger partial charge is 0.450 e. The smallest absolute Gasteiger partial charge is 0.271 e. The van der Waals surface area contributed by atoms with E-state index in [1.165, 1.54) is 39.8 Å². The highest BCUT2D eigenvalue weighted by Crippen LogP contribution is 2.42. The third-order valence-electron chi connectivity index (χ3n) is 6.59. The van der Waals surface area contributed by atoms with Gasteiger partial charge in [-0.05, 0) is 71.8 Å². The predicted molar refractivity (Wildman–Crippen MR) is 151 cm³/mol. The van der Waals surface area contributed by atoms with Crippen LogP contribution >= 0.6 is 46.0 Å². The third kappa shape index (κ3) is 4.16. The number of furan rings is 1. The van der Waals surface area contributed by atoms with Gasteiger partial charge in [-0.2, -0.15) is 0 Å². The van der Waals surface area contributed by atoms with E-state index in [2.05, 4.69) is 41.8 Å². The maximum Gasteiger partial charge on any atom is 0.271 e. The molecule has 0 spiro atoms. The van der Waals surface area contributed by atoms with Crippen LogP contribution in [0.2, 0.25) is 5.02 Å². The number of benzene rings is 2. The fraction of sp³-hybridized carbons (Fsp3) is 0.103. The van der Waals surface area contributed by atoms with Crippen molar-refractivity contribution in [2.45, 2.75) is 28.9 Å². The lowest BCUT2D eigenvalue weighted by Crippen LogP contribution is -2.38. The van der Waals surface area contributed by atoms with Gasteiger partial charge >= 0.3 is 0 Å². The lowest BCUT2D eigenvalue weighted by molar-refractivity contribution is 0.466. The second kappa shape index (κ2) is 9.33. The minimum Gasteiger partial charge on any atom is -0.450 e. The molecule has 2 aromatic carbocycles. The molecule has 1 aliphatic heterocycles. The van der Waals surface area contributed by atoms with Crippen LogP contribution in [0.5, 0.6) is 0 Å². The number of aromatic nitrogens is 1. The van der Waals surface area contributed by atoms with Gasteiger partial charge in [-0.15, -0.1) is 11.3 Å². The van der Waals surface area contributed by atoms with Crippen LogP contribution in [-0.4, -0.2) is 4.57 Å². The first-order valence-electron chi connectivity index (χ1n) is 11.8.